The Kier molecular flexibility index (Phi) is 8.41. The topological polar surface area (TPSA) is 125 Å². The number of hydroxylamine groups is 1. The number of anilines is 2. The van der Waals surface area contributed by atoms with Crippen LogP contribution in [0.5, 0.6) is 0 Å². The lowest BCUT2D eigenvalue weighted by Gasteiger charge is -2.41. The van der Waals surface area contributed by atoms with Gasteiger partial charge in [-0.3, -0.25) is 14.8 Å². The Hall–Kier alpha value is -4.42. The van der Waals surface area contributed by atoms with Crippen LogP contribution in [0.1, 0.15) is 63.4 Å². The van der Waals surface area contributed by atoms with Gasteiger partial charge in [-0.25, -0.2) is 28.8 Å². The van der Waals surface area contributed by atoms with Gasteiger partial charge < -0.3 is 9.80 Å². The second kappa shape index (κ2) is 11.9. The number of nitrogens with zero attached hydrogens (tertiary/aromatic N) is 7. The number of piperazine rings is 1. The molecule has 230 valence electrons. The van der Waals surface area contributed by atoms with Gasteiger partial charge in [-0.15, -0.1) is 0 Å². The van der Waals surface area contributed by atoms with Gasteiger partial charge in [-0.2, -0.15) is 4.98 Å². The van der Waals surface area contributed by atoms with Crippen LogP contribution in [0, 0.1) is 0 Å². The molecule has 1 aliphatic carbocycles. The maximum absolute atomic E-state index is 15.2. The molecule has 0 spiro atoms. The Labute approximate surface area is 258 Å². The second-order valence-corrected chi connectivity index (χ2v) is 11.8. The number of ketones is 1. The third-order valence-electron chi connectivity index (χ3n) is 7.79. The largest absolute Gasteiger partial charge is 0.355 e. The Morgan fingerprint density at radius 1 is 1.16 bits per heavy atom. The Morgan fingerprint density at radius 3 is 2.39 bits per heavy atom. The highest BCUT2D eigenvalue weighted by Gasteiger charge is 2.38. The molecule has 0 aromatic carbocycles. The number of amides is 1. The standard InChI is InChI=1S/C31H33ClFN7O4/c1-7-23(42)37-11-12-38(18(6)14-37)29-19-13-20(32)27(24-21(33)9-8-10-22(24)41)40(44)30(19)39(31(43)36-29)28-25(16(2)3)34-15-35-26(28)17(4)5/h7-10,13,15-18,44H,1,11-12,14H2,2-6H3/b27-24-/t18-/m0/s1. The molecule has 0 unspecified atom stereocenters. The predicted octanol–water partition coefficient (Wildman–Crippen LogP) is 4.53. The van der Waals surface area contributed by atoms with Crippen molar-refractivity contribution in [3.63, 3.8) is 0 Å². The van der Waals surface area contributed by atoms with Gasteiger partial charge in [0, 0.05) is 25.7 Å². The highest BCUT2D eigenvalue weighted by Crippen LogP contribution is 2.44. The third-order valence-corrected chi connectivity index (χ3v) is 8.08. The summed E-state index contributed by atoms with van der Waals surface area (Å²) < 4.78 is 16.4. The van der Waals surface area contributed by atoms with Gasteiger partial charge >= 0.3 is 5.69 Å². The molecule has 2 aromatic heterocycles. The fraction of sp³-hybridized carbons (Fsp3) is 0.355. The first-order chi connectivity index (χ1) is 20.9. The number of aromatic nitrogens is 4. The zero-order valence-corrected chi connectivity index (χ0v) is 25.8. The molecular weight excluding hydrogens is 589 g/mol. The van der Waals surface area contributed by atoms with Gasteiger partial charge in [0.15, 0.2) is 11.6 Å². The number of hydrogen-bond donors (Lipinski definition) is 1. The van der Waals surface area contributed by atoms with Crippen LogP contribution < -0.4 is 15.7 Å². The molecule has 4 heterocycles. The first kappa shape index (κ1) is 31.0. The lowest BCUT2D eigenvalue weighted by Crippen LogP contribution is -2.54. The molecule has 1 atom stereocenters. The Bertz CT molecular complexity index is 1730. The minimum absolute atomic E-state index is 0.0996. The van der Waals surface area contributed by atoms with Crippen LogP contribution in [0.25, 0.3) is 11.8 Å². The fourth-order valence-electron chi connectivity index (χ4n) is 5.71. The van der Waals surface area contributed by atoms with E-state index in [1.54, 1.807) is 4.90 Å². The van der Waals surface area contributed by atoms with E-state index in [1.807, 2.05) is 39.5 Å². The van der Waals surface area contributed by atoms with Crippen LogP contribution in [0.4, 0.5) is 16.0 Å². The molecule has 2 aliphatic heterocycles. The van der Waals surface area contributed by atoms with E-state index in [4.69, 9.17) is 11.6 Å². The average molecular weight is 622 g/mol. The van der Waals surface area contributed by atoms with E-state index in [0.717, 1.165) is 12.2 Å². The molecule has 11 nitrogen and oxygen atoms in total. The SMILES string of the molecule is C=CC(=O)N1CCN(c2nc(=O)n(-c3c(C(C)C)ncnc3C(C)C)c3c2C=C(Cl)/C(=C2/C(=O)C=CC=C2F)N3O)[C@@H](C)C1. The minimum atomic E-state index is -0.893. The van der Waals surface area contributed by atoms with E-state index >= 15 is 4.39 Å². The second-order valence-electron chi connectivity index (χ2n) is 11.4. The summed E-state index contributed by atoms with van der Waals surface area (Å²) in [6.07, 6.45) is 7.65. The molecule has 0 bridgehead atoms. The van der Waals surface area contributed by atoms with Gasteiger partial charge in [0.1, 0.15) is 23.7 Å². The number of carbonyl (C=O) groups is 2. The van der Waals surface area contributed by atoms with Crippen molar-refractivity contribution in [2.45, 2.75) is 52.5 Å². The van der Waals surface area contributed by atoms with Gasteiger partial charge in [0.25, 0.3) is 0 Å². The monoisotopic (exact) mass is 621 g/mol. The van der Waals surface area contributed by atoms with Crippen LogP contribution in [0.3, 0.4) is 0 Å². The van der Waals surface area contributed by atoms with Gasteiger partial charge in [-0.1, -0.05) is 52.0 Å². The minimum Gasteiger partial charge on any atom is -0.350 e. The maximum atomic E-state index is 15.2. The first-order valence-electron chi connectivity index (χ1n) is 14.3. The van der Waals surface area contributed by atoms with Crippen LogP contribution in [-0.4, -0.2) is 67.0 Å². The molecule has 3 aliphatic rings. The van der Waals surface area contributed by atoms with Crippen molar-refractivity contribution in [1.82, 2.24) is 24.4 Å². The Balaban J connectivity index is 1.85. The predicted molar refractivity (Wildman–Crippen MR) is 166 cm³/mol. The molecule has 2 aromatic rings. The zero-order valence-electron chi connectivity index (χ0n) is 25.1. The van der Waals surface area contributed by atoms with Crippen molar-refractivity contribution in [2.24, 2.45) is 0 Å². The number of hydrogen-bond acceptors (Lipinski definition) is 9. The van der Waals surface area contributed by atoms with Crippen molar-refractivity contribution in [2.75, 3.05) is 29.6 Å². The molecule has 5 rings (SSSR count). The molecule has 0 radical (unpaired) electrons. The number of carbonyl (C=O) groups excluding carboxylic acids is 2. The normalized spacial score (nSPS) is 20.3. The summed E-state index contributed by atoms with van der Waals surface area (Å²) in [5.74, 6) is -2.03. The van der Waals surface area contributed by atoms with Gasteiger partial charge in [0.05, 0.1) is 33.2 Å². The smallest absolute Gasteiger partial charge is 0.350 e. The number of fused-ring (bicyclic) bond motifs is 1. The first-order valence-corrected chi connectivity index (χ1v) is 14.6. The highest BCUT2D eigenvalue weighted by molar-refractivity contribution is 6.35. The van der Waals surface area contributed by atoms with E-state index in [0.29, 0.717) is 41.8 Å². The molecule has 44 heavy (non-hydrogen) atoms. The van der Waals surface area contributed by atoms with Crippen molar-refractivity contribution >= 4 is 41.0 Å². The zero-order chi connectivity index (χ0) is 32.0. The molecule has 1 amide bonds. The lowest BCUT2D eigenvalue weighted by atomic mass is 9.98. The van der Waals surface area contributed by atoms with Crippen molar-refractivity contribution in [3.05, 3.63) is 86.8 Å². The van der Waals surface area contributed by atoms with Crippen molar-refractivity contribution < 1.29 is 19.2 Å². The summed E-state index contributed by atoms with van der Waals surface area (Å²) in [7, 11) is 0. The molecule has 1 N–H and O–H groups in total. The summed E-state index contributed by atoms with van der Waals surface area (Å²) in [5.41, 5.74) is 0.103. The van der Waals surface area contributed by atoms with E-state index in [-0.39, 0.29) is 51.7 Å². The number of halogens is 2. The summed E-state index contributed by atoms with van der Waals surface area (Å²) in [5, 5.41) is 12.3. The quantitative estimate of drug-likeness (QED) is 0.480. The molecule has 13 heteroatoms. The average Bonchev–Trinajstić information content (AvgIpc) is 2.97. The number of rotatable bonds is 5. The third kappa shape index (κ3) is 5.17. The molecular formula is C31H33ClFN7O4. The molecule has 1 fully saturated rings. The Morgan fingerprint density at radius 2 is 1.82 bits per heavy atom. The van der Waals surface area contributed by atoms with E-state index < -0.39 is 22.9 Å². The van der Waals surface area contributed by atoms with E-state index in [9.17, 15) is 19.6 Å². The summed E-state index contributed by atoms with van der Waals surface area (Å²) in [6.45, 7) is 14.1. The molecule has 1 saturated heterocycles. The van der Waals surface area contributed by atoms with Crippen LogP contribution >= 0.6 is 11.6 Å². The van der Waals surface area contributed by atoms with E-state index in [2.05, 4.69) is 21.5 Å². The lowest BCUT2D eigenvalue weighted by molar-refractivity contribution is -0.126. The van der Waals surface area contributed by atoms with Crippen molar-refractivity contribution in [1.29, 1.82) is 0 Å². The number of allylic oxidation sites excluding steroid dienone is 6. The molecule has 0 saturated carbocycles. The summed E-state index contributed by atoms with van der Waals surface area (Å²) in [6, 6.07) is -0.290. The van der Waals surface area contributed by atoms with E-state index in [1.165, 1.54) is 29.1 Å². The summed E-state index contributed by atoms with van der Waals surface area (Å²) >= 11 is 6.71. The van der Waals surface area contributed by atoms with Crippen LogP contribution in [0.2, 0.25) is 0 Å². The highest BCUT2D eigenvalue weighted by atomic mass is 35.5. The van der Waals surface area contributed by atoms with Crippen LogP contribution in [0.15, 0.2) is 64.1 Å². The fourth-order valence-corrected chi connectivity index (χ4v) is 6.00. The van der Waals surface area contributed by atoms with Gasteiger partial charge in [-0.05, 0) is 43.1 Å². The summed E-state index contributed by atoms with van der Waals surface area (Å²) in [4.78, 5) is 56.3. The maximum Gasteiger partial charge on any atom is 0.355 e. The van der Waals surface area contributed by atoms with Crippen molar-refractivity contribution in [3.8, 4) is 5.69 Å². The van der Waals surface area contributed by atoms with Gasteiger partial charge in [0.2, 0.25) is 5.91 Å². The van der Waals surface area contributed by atoms with Crippen LogP contribution in [-0.2, 0) is 9.59 Å².